The lowest BCUT2D eigenvalue weighted by molar-refractivity contribution is -0.131. The molecule has 1 rings (SSSR count). The Labute approximate surface area is 103 Å². The molecule has 1 aliphatic rings. The average Bonchev–Trinajstić information content (AvgIpc) is 2.25. The minimum absolute atomic E-state index is 0.0203. The Morgan fingerprint density at radius 3 is 2.41 bits per heavy atom. The van der Waals surface area contributed by atoms with Crippen LogP contribution in [0.2, 0.25) is 0 Å². The summed E-state index contributed by atoms with van der Waals surface area (Å²) < 4.78 is 0. The van der Waals surface area contributed by atoms with E-state index < -0.39 is 11.9 Å². The number of primary amides is 1. The molecule has 1 saturated heterocycles. The van der Waals surface area contributed by atoms with E-state index in [1.807, 2.05) is 13.8 Å². The van der Waals surface area contributed by atoms with Gasteiger partial charge in [0.05, 0.1) is 5.92 Å². The van der Waals surface area contributed by atoms with Gasteiger partial charge in [0.15, 0.2) is 0 Å². The molecular formula is C12H23N3O2. The van der Waals surface area contributed by atoms with E-state index in [0.717, 1.165) is 12.8 Å². The number of hydrogen-bond acceptors (Lipinski definition) is 3. The number of carbonyl (C=O) groups excluding carboxylic acids is 2. The van der Waals surface area contributed by atoms with Crippen LogP contribution in [0.3, 0.4) is 0 Å². The van der Waals surface area contributed by atoms with E-state index in [2.05, 4.69) is 17.6 Å². The van der Waals surface area contributed by atoms with Crippen molar-refractivity contribution in [1.29, 1.82) is 0 Å². The Balaban J connectivity index is 2.50. The molecule has 2 amide bonds. The van der Waals surface area contributed by atoms with E-state index in [4.69, 9.17) is 5.73 Å². The van der Waals surface area contributed by atoms with Crippen LogP contribution in [0.25, 0.3) is 0 Å². The lowest BCUT2D eigenvalue weighted by atomic mass is 9.93. The third kappa shape index (κ3) is 4.00. The van der Waals surface area contributed by atoms with Crippen molar-refractivity contribution in [2.24, 2.45) is 17.6 Å². The fourth-order valence-corrected chi connectivity index (χ4v) is 2.06. The van der Waals surface area contributed by atoms with Gasteiger partial charge in [-0.15, -0.1) is 0 Å². The van der Waals surface area contributed by atoms with Crippen LogP contribution in [0.1, 0.15) is 33.6 Å². The van der Waals surface area contributed by atoms with Crippen LogP contribution in [-0.4, -0.2) is 30.4 Å². The quantitative estimate of drug-likeness (QED) is 0.648. The Morgan fingerprint density at radius 1 is 1.35 bits per heavy atom. The highest BCUT2D eigenvalue weighted by molar-refractivity contribution is 5.87. The molecule has 0 aliphatic carbocycles. The smallest absolute Gasteiger partial charge is 0.240 e. The molecular weight excluding hydrogens is 218 g/mol. The maximum Gasteiger partial charge on any atom is 0.240 e. The third-order valence-corrected chi connectivity index (χ3v) is 3.30. The first-order valence-corrected chi connectivity index (χ1v) is 6.25. The largest absolute Gasteiger partial charge is 0.368 e. The molecule has 17 heavy (non-hydrogen) atoms. The monoisotopic (exact) mass is 241 g/mol. The second-order valence-corrected chi connectivity index (χ2v) is 5.22. The van der Waals surface area contributed by atoms with Gasteiger partial charge in [0, 0.05) is 12.6 Å². The van der Waals surface area contributed by atoms with E-state index in [-0.39, 0.29) is 17.7 Å². The maximum atomic E-state index is 12.0. The molecule has 3 unspecified atom stereocenters. The van der Waals surface area contributed by atoms with Crippen LogP contribution < -0.4 is 16.4 Å². The average molecular weight is 241 g/mol. The molecule has 98 valence electrons. The Hall–Kier alpha value is -1.10. The van der Waals surface area contributed by atoms with Crippen LogP contribution in [0.4, 0.5) is 0 Å². The number of hydrogen-bond donors (Lipinski definition) is 3. The molecule has 0 aromatic carbocycles. The summed E-state index contributed by atoms with van der Waals surface area (Å²) in [6.07, 6.45) is 1.85. The van der Waals surface area contributed by atoms with E-state index >= 15 is 0 Å². The van der Waals surface area contributed by atoms with Crippen LogP contribution in [0.15, 0.2) is 0 Å². The van der Waals surface area contributed by atoms with Gasteiger partial charge in [0.1, 0.15) is 6.04 Å². The first kappa shape index (κ1) is 14.0. The molecule has 5 heteroatoms. The summed E-state index contributed by atoms with van der Waals surface area (Å²) in [6.45, 7) is 6.53. The Bertz CT molecular complexity index is 283. The SMILES string of the molecule is CC1CCC(C(=O)NC(C(N)=O)C(C)C)CN1. The van der Waals surface area contributed by atoms with Crippen LogP contribution in [-0.2, 0) is 9.59 Å². The van der Waals surface area contributed by atoms with Gasteiger partial charge in [-0.1, -0.05) is 13.8 Å². The van der Waals surface area contributed by atoms with Crippen molar-refractivity contribution in [3.63, 3.8) is 0 Å². The summed E-state index contributed by atoms with van der Waals surface area (Å²) in [5.74, 6) is -0.564. The van der Waals surface area contributed by atoms with Crippen LogP contribution in [0, 0.1) is 11.8 Å². The van der Waals surface area contributed by atoms with Gasteiger partial charge in [-0.25, -0.2) is 0 Å². The van der Waals surface area contributed by atoms with Crippen molar-refractivity contribution in [3.8, 4) is 0 Å². The van der Waals surface area contributed by atoms with E-state index in [9.17, 15) is 9.59 Å². The van der Waals surface area contributed by atoms with Gasteiger partial charge in [-0.3, -0.25) is 9.59 Å². The molecule has 3 atom stereocenters. The number of carbonyl (C=O) groups is 2. The summed E-state index contributed by atoms with van der Waals surface area (Å²) in [7, 11) is 0. The predicted molar refractivity (Wildman–Crippen MR) is 66.2 cm³/mol. The molecule has 1 heterocycles. The van der Waals surface area contributed by atoms with Crippen molar-refractivity contribution >= 4 is 11.8 Å². The second-order valence-electron chi connectivity index (χ2n) is 5.22. The zero-order valence-electron chi connectivity index (χ0n) is 10.8. The van der Waals surface area contributed by atoms with E-state index in [0.29, 0.717) is 12.6 Å². The van der Waals surface area contributed by atoms with Gasteiger partial charge < -0.3 is 16.4 Å². The molecule has 0 aromatic rings. The Morgan fingerprint density at radius 2 is 2.00 bits per heavy atom. The molecule has 0 bridgehead atoms. The minimum atomic E-state index is -0.568. The van der Waals surface area contributed by atoms with Crippen molar-refractivity contribution in [2.75, 3.05) is 6.54 Å². The molecule has 0 saturated carbocycles. The minimum Gasteiger partial charge on any atom is -0.368 e. The standard InChI is InChI=1S/C12H23N3O2/c1-7(2)10(11(13)16)15-12(17)9-5-4-8(3)14-6-9/h7-10,14H,4-6H2,1-3H3,(H2,13,16)(H,15,17). The van der Waals surface area contributed by atoms with Gasteiger partial charge in [-0.2, -0.15) is 0 Å². The van der Waals surface area contributed by atoms with Crippen molar-refractivity contribution in [3.05, 3.63) is 0 Å². The number of amides is 2. The molecule has 5 nitrogen and oxygen atoms in total. The maximum absolute atomic E-state index is 12.0. The zero-order chi connectivity index (χ0) is 13.0. The third-order valence-electron chi connectivity index (χ3n) is 3.30. The van der Waals surface area contributed by atoms with Crippen molar-refractivity contribution in [1.82, 2.24) is 10.6 Å². The lowest BCUT2D eigenvalue weighted by Crippen LogP contribution is -2.52. The summed E-state index contributed by atoms with van der Waals surface area (Å²) in [5, 5.41) is 6.01. The first-order valence-electron chi connectivity index (χ1n) is 6.25. The second kappa shape index (κ2) is 6.00. The molecule has 0 radical (unpaired) electrons. The fraction of sp³-hybridized carbons (Fsp3) is 0.833. The van der Waals surface area contributed by atoms with Crippen molar-refractivity contribution < 1.29 is 9.59 Å². The molecule has 0 aromatic heterocycles. The lowest BCUT2D eigenvalue weighted by Gasteiger charge is -2.28. The molecule has 1 fully saturated rings. The molecule has 4 N–H and O–H groups in total. The number of piperidine rings is 1. The highest BCUT2D eigenvalue weighted by atomic mass is 16.2. The zero-order valence-corrected chi connectivity index (χ0v) is 10.8. The van der Waals surface area contributed by atoms with Gasteiger partial charge in [0.2, 0.25) is 11.8 Å². The summed E-state index contributed by atoms with van der Waals surface area (Å²) >= 11 is 0. The topological polar surface area (TPSA) is 84.2 Å². The predicted octanol–water partition coefficient (Wildman–Crippen LogP) is 0.000600. The molecule has 0 spiro atoms. The number of nitrogens with one attached hydrogen (secondary N) is 2. The van der Waals surface area contributed by atoms with Crippen molar-refractivity contribution in [2.45, 2.75) is 45.7 Å². The number of nitrogens with two attached hydrogens (primary N) is 1. The highest BCUT2D eigenvalue weighted by Crippen LogP contribution is 2.15. The summed E-state index contributed by atoms with van der Waals surface area (Å²) in [4.78, 5) is 23.2. The molecule has 1 aliphatic heterocycles. The highest BCUT2D eigenvalue weighted by Gasteiger charge is 2.28. The van der Waals surface area contributed by atoms with Gasteiger partial charge >= 0.3 is 0 Å². The van der Waals surface area contributed by atoms with Crippen LogP contribution >= 0.6 is 0 Å². The Kier molecular flexibility index (Phi) is 4.93. The van der Waals surface area contributed by atoms with Gasteiger partial charge in [-0.05, 0) is 25.7 Å². The normalized spacial score (nSPS) is 26.6. The van der Waals surface area contributed by atoms with Gasteiger partial charge in [0.25, 0.3) is 0 Å². The fourth-order valence-electron chi connectivity index (χ4n) is 2.06. The van der Waals surface area contributed by atoms with E-state index in [1.54, 1.807) is 0 Å². The first-order chi connectivity index (χ1) is 7.91. The number of rotatable bonds is 4. The summed E-state index contributed by atoms with van der Waals surface area (Å²) in [6, 6.07) is -0.0991. The van der Waals surface area contributed by atoms with Crippen LogP contribution in [0.5, 0.6) is 0 Å². The van der Waals surface area contributed by atoms with E-state index in [1.165, 1.54) is 0 Å². The summed E-state index contributed by atoms with van der Waals surface area (Å²) in [5.41, 5.74) is 5.27.